The summed E-state index contributed by atoms with van der Waals surface area (Å²) in [5.41, 5.74) is 3.64. The van der Waals surface area contributed by atoms with Gasteiger partial charge in [0.1, 0.15) is 5.75 Å². The van der Waals surface area contributed by atoms with Gasteiger partial charge in [-0.1, -0.05) is 29.3 Å². The van der Waals surface area contributed by atoms with Crippen LogP contribution in [-0.2, 0) is 0 Å². The number of nitrogens with one attached hydrogen (secondary N) is 2. The van der Waals surface area contributed by atoms with Crippen molar-refractivity contribution in [3.05, 3.63) is 52.6 Å². The molecule has 146 valence electrons. The number of halogens is 2. The molecule has 28 heavy (non-hydrogen) atoms. The van der Waals surface area contributed by atoms with Gasteiger partial charge in [-0.05, 0) is 31.2 Å². The van der Waals surface area contributed by atoms with Gasteiger partial charge in [0.2, 0.25) is 0 Å². The quantitative estimate of drug-likeness (QED) is 0.606. The second-order valence-corrected chi connectivity index (χ2v) is 7.38. The van der Waals surface area contributed by atoms with Crippen molar-refractivity contribution >= 4 is 51.2 Å². The van der Waals surface area contributed by atoms with Crippen molar-refractivity contribution in [3.8, 4) is 5.75 Å². The highest BCUT2D eigenvalue weighted by molar-refractivity contribution is 6.43. The predicted octanol–water partition coefficient (Wildman–Crippen LogP) is 5.09. The molecule has 0 radical (unpaired) electrons. The maximum Gasteiger partial charge on any atom is 0.144 e. The lowest BCUT2D eigenvalue weighted by molar-refractivity contribution is 0.340. The van der Waals surface area contributed by atoms with Crippen molar-refractivity contribution in [2.75, 3.05) is 43.0 Å². The van der Waals surface area contributed by atoms with Crippen molar-refractivity contribution in [2.24, 2.45) is 0 Å². The van der Waals surface area contributed by atoms with Crippen LogP contribution in [0.25, 0.3) is 10.9 Å². The van der Waals surface area contributed by atoms with E-state index in [0.29, 0.717) is 16.7 Å². The lowest BCUT2D eigenvalue weighted by Gasteiger charge is -2.31. The van der Waals surface area contributed by atoms with Crippen LogP contribution < -0.4 is 20.3 Å². The number of anilines is 3. The zero-order chi connectivity index (χ0) is 19.5. The summed E-state index contributed by atoms with van der Waals surface area (Å²) in [6.07, 6.45) is 1.78. The molecule has 0 unspecified atom stereocenters. The van der Waals surface area contributed by atoms with E-state index in [-0.39, 0.29) is 0 Å². The zero-order valence-electron chi connectivity index (χ0n) is 15.6. The SMILES string of the molecule is CCOc1cc2nccc(Nc3cccc(Cl)c3Cl)c2cc1N1CCNCC1. The van der Waals surface area contributed by atoms with Gasteiger partial charge in [-0.3, -0.25) is 4.98 Å². The minimum Gasteiger partial charge on any atom is -0.492 e. The van der Waals surface area contributed by atoms with Crippen molar-refractivity contribution < 1.29 is 4.74 Å². The zero-order valence-corrected chi connectivity index (χ0v) is 17.1. The third-order valence-electron chi connectivity index (χ3n) is 4.80. The fraction of sp³-hybridized carbons (Fsp3) is 0.286. The van der Waals surface area contributed by atoms with Crippen molar-refractivity contribution in [1.29, 1.82) is 0 Å². The van der Waals surface area contributed by atoms with Crippen LogP contribution in [0.2, 0.25) is 10.0 Å². The number of fused-ring (bicyclic) bond motifs is 1. The van der Waals surface area contributed by atoms with Gasteiger partial charge in [-0.2, -0.15) is 0 Å². The Labute approximate surface area is 174 Å². The molecule has 0 spiro atoms. The average molecular weight is 417 g/mol. The molecule has 7 heteroatoms. The fourth-order valence-electron chi connectivity index (χ4n) is 3.44. The van der Waals surface area contributed by atoms with Crippen molar-refractivity contribution in [1.82, 2.24) is 10.3 Å². The Balaban J connectivity index is 1.80. The molecule has 2 aromatic carbocycles. The van der Waals surface area contributed by atoms with Crippen LogP contribution >= 0.6 is 23.2 Å². The third kappa shape index (κ3) is 3.83. The first-order valence-electron chi connectivity index (χ1n) is 9.39. The van der Waals surface area contributed by atoms with Crippen LogP contribution in [0.5, 0.6) is 5.75 Å². The summed E-state index contributed by atoms with van der Waals surface area (Å²) in [7, 11) is 0. The van der Waals surface area contributed by atoms with Crippen LogP contribution in [0.3, 0.4) is 0 Å². The molecule has 3 aromatic rings. The Hall–Kier alpha value is -2.21. The molecule has 1 aliphatic heterocycles. The van der Waals surface area contributed by atoms with Gasteiger partial charge in [-0.15, -0.1) is 0 Å². The maximum absolute atomic E-state index is 6.37. The minimum absolute atomic E-state index is 0.502. The van der Waals surface area contributed by atoms with E-state index in [2.05, 4.69) is 26.6 Å². The Bertz CT molecular complexity index is 990. The van der Waals surface area contributed by atoms with Crippen molar-refractivity contribution in [3.63, 3.8) is 0 Å². The number of rotatable bonds is 5. The molecule has 2 N–H and O–H groups in total. The van der Waals surface area contributed by atoms with E-state index in [1.165, 1.54) is 0 Å². The Morgan fingerprint density at radius 2 is 1.96 bits per heavy atom. The molecule has 0 amide bonds. The molecule has 1 saturated heterocycles. The van der Waals surface area contributed by atoms with E-state index in [1.54, 1.807) is 12.3 Å². The topological polar surface area (TPSA) is 49.4 Å². The predicted molar refractivity (Wildman–Crippen MR) is 118 cm³/mol. The first kappa shape index (κ1) is 19.1. The maximum atomic E-state index is 6.37. The number of ether oxygens (including phenoxy) is 1. The van der Waals surface area contributed by atoms with Crippen LogP contribution in [0.1, 0.15) is 6.92 Å². The molecule has 0 aliphatic carbocycles. The van der Waals surface area contributed by atoms with E-state index in [1.807, 2.05) is 31.2 Å². The van der Waals surface area contributed by atoms with Gasteiger partial charge in [0, 0.05) is 49.5 Å². The summed E-state index contributed by atoms with van der Waals surface area (Å²) in [5.74, 6) is 0.863. The van der Waals surface area contributed by atoms with Gasteiger partial charge in [0.25, 0.3) is 0 Å². The fourth-order valence-corrected chi connectivity index (χ4v) is 3.79. The summed E-state index contributed by atoms with van der Waals surface area (Å²) < 4.78 is 5.93. The summed E-state index contributed by atoms with van der Waals surface area (Å²) >= 11 is 12.5. The highest BCUT2D eigenvalue weighted by Crippen LogP contribution is 2.38. The molecule has 0 saturated carbocycles. The van der Waals surface area contributed by atoms with Gasteiger partial charge in [0.05, 0.1) is 33.5 Å². The van der Waals surface area contributed by atoms with Crippen LogP contribution in [0.15, 0.2) is 42.6 Å². The number of pyridine rings is 1. The molecule has 1 fully saturated rings. The number of aromatic nitrogens is 1. The van der Waals surface area contributed by atoms with Crippen molar-refractivity contribution in [2.45, 2.75) is 6.92 Å². The molecule has 5 nitrogen and oxygen atoms in total. The lowest BCUT2D eigenvalue weighted by Crippen LogP contribution is -2.43. The van der Waals surface area contributed by atoms with E-state index in [4.69, 9.17) is 27.9 Å². The molecular formula is C21H22Cl2N4O. The first-order chi connectivity index (χ1) is 13.7. The molecule has 1 aromatic heterocycles. The molecule has 2 heterocycles. The van der Waals surface area contributed by atoms with Crippen LogP contribution in [-0.4, -0.2) is 37.8 Å². The van der Waals surface area contributed by atoms with E-state index in [9.17, 15) is 0 Å². The molecule has 4 rings (SSSR count). The average Bonchev–Trinajstić information content (AvgIpc) is 2.72. The lowest BCUT2D eigenvalue weighted by atomic mass is 10.1. The number of hydrogen-bond donors (Lipinski definition) is 2. The Kier molecular flexibility index (Phi) is 5.76. The van der Waals surface area contributed by atoms with E-state index >= 15 is 0 Å². The molecule has 0 atom stereocenters. The summed E-state index contributed by atoms with van der Waals surface area (Å²) in [5, 5.41) is 8.83. The van der Waals surface area contributed by atoms with Crippen LogP contribution in [0.4, 0.5) is 17.1 Å². The van der Waals surface area contributed by atoms with Gasteiger partial charge in [-0.25, -0.2) is 0 Å². The highest BCUT2D eigenvalue weighted by Gasteiger charge is 2.18. The van der Waals surface area contributed by atoms with Gasteiger partial charge < -0.3 is 20.3 Å². The van der Waals surface area contributed by atoms with Crippen LogP contribution in [0, 0.1) is 0 Å². The van der Waals surface area contributed by atoms with Gasteiger partial charge >= 0.3 is 0 Å². The minimum atomic E-state index is 0.502. The summed E-state index contributed by atoms with van der Waals surface area (Å²) in [6.45, 7) is 6.40. The number of benzene rings is 2. The number of hydrogen-bond acceptors (Lipinski definition) is 5. The number of piperazine rings is 1. The molecular weight excluding hydrogens is 395 g/mol. The largest absolute Gasteiger partial charge is 0.492 e. The molecule has 0 bridgehead atoms. The Morgan fingerprint density at radius 3 is 2.75 bits per heavy atom. The molecule has 1 aliphatic rings. The van der Waals surface area contributed by atoms with E-state index in [0.717, 1.165) is 59.9 Å². The normalized spacial score (nSPS) is 14.3. The Morgan fingerprint density at radius 1 is 1.14 bits per heavy atom. The third-order valence-corrected chi connectivity index (χ3v) is 5.62. The smallest absolute Gasteiger partial charge is 0.144 e. The summed E-state index contributed by atoms with van der Waals surface area (Å²) in [4.78, 5) is 6.89. The van der Waals surface area contributed by atoms with Gasteiger partial charge in [0.15, 0.2) is 0 Å². The highest BCUT2D eigenvalue weighted by atomic mass is 35.5. The number of nitrogens with zero attached hydrogens (tertiary/aromatic N) is 2. The monoisotopic (exact) mass is 416 g/mol. The van der Waals surface area contributed by atoms with E-state index < -0.39 is 0 Å². The second-order valence-electron chi connectivity index (χ2n) is 6.59. The second kappa shape index (κ2) is 8.43. The summed E-state index contributed by atoms with van der Waals surface area (Å²) in [6, 6.07) is 11.7. The first-order valence-corrected chi connectivity index (χ1v) is 10.1. The standard InChI is InChI=1S/C21H22Cl2N4O/c1-2-28-20-13-18-14(12-19(20)27-10-8-24-9-11-27)16(6-7-25-18)26-17-5-3-4-15(22)21(17)23/h3-7,12-13,24H,2,8-11H2,1H3,(H,25,26).